The van der Waals surface area contributed by atoms with E-state index in [0.29, 0.717) is 0 Å². The minimum absolute atomic E-state index is 0.0169. The van der Waals surface area contributed by atoms with E-state index in [1.54, 1.807) is 0 Å². The van der Waals surface area contributed by atoms with Crippen LogP contribution >= 0.6 is 0 Å². The standard InChI is InChI=1S/C15H30N2O/c1-4-5-9-17(13-6-7-13)15(12-16)8-10-18-14(2,3)11-15/h13H,4-12,16H2,1-3H3. The third-order valence-corrected chi connectivity index (χ3v) is 4.54. The van der Waals surface area contributed by atoms with E-state index >= 15 is 0 Å². The summed E-state index contributed by atoms with van der Waals surface area (Å²) in [5.41, 5.74) is 6.38. The van der Waals surface area contributed by atoms with Crippen LogP contribution in [0.1, 0.15) is 59.3 Å². The van der Waals surface area contributed by atoms with Gasteiger partial charge in [0.25, 0.3) is 0 Å². The van der Waals surface area contributed by atoms with Gasteiger partial charge in [0.1, 0.15) is 0 Å². The normalized spacial score (nSPS) is 31.8. The summed E-state index contributed by atoms with van der Waals surface area (Å²) in [5, 5.41) is 0. The third-order valence-electron chi connectivity index (χ3n) is 4.54. The number of hydrogen-bond acceptors (Lipinski definition) is 3. The van der Waals surface area contributed by atoms with Gasteiger partial charge in [-0.25, -0.2) is 0 Å². The van der Waals surface area contributed by atoms with Gasteiger partial charge in [-0.15, -0.1) is 0 Å². The Bertz CT molecular complexity index is 276. The average Bonchev–Trinajstić information content (AvgIpc) is 3.12. The van der Waals surface area contributed by atoms with Crippen LogP contribution in [0.4, 0.5) is 0 Å². The SMILES string of the molecule is CCCCN(C1CC1)C1(CN)CCOC(C)(C)C1. The van der Waals surface area contributed by atoms with Crippen LogP contribution in [-0.2, 0) is 4.74 Å². The molecular formula is C15H30N2O. The van der Waals surface area contributed by atoms with Crippen LogP contribution in [-0.4, -0.2) is 41.8 Å². The van der Waals surface area contributed by atoms with Gasteiger partial charge in [0, 0.05) is 24.7 Å². The maximum Gasteiger partial charge on any atom is 0.0644 e. The molecule has 0 amide bonds. The fraction of sp³-hybridized carbons (Fsp3) is 1.00. The van der Waals surface area contributed by atoms with Gasteiger partial charge in [0.2, 0.25) is 0 Å². The first-order valence-corrected chi connectivity index (χ1v) is 7.64. The first-order chi connectivity index (χ1) is 8.53. The lowest BCUT2D eigenvalue weighted by atomic mass is 9.79. The van der Waals surface area contributed by atoms with Crippen molar-refractivity contribution in [2.75, 3.05) is 19.7 Å². The van der Waals surface area contributed by atoms with E-state index in [1.807, 2.05) is 0 Å². The summed E-state index contributed by atoms with van der Waals surface area (Å²) in [7, 11) is 0. The Kier molecular flexibility index (Phi) is 4.35. The second-order valence-electron chi connectivity index (χ2n) is 6.74. The van der Waals surface area contributed by atoms with Gasteiger partial charge in [0.15, 0.2) is 0 Å². The van der Waals surface area contributed by atoms with E-state index < -0.39 is 0 Å². The van der Waals surface area contributed by atoms with Crippen molar-refractivity contribution in [1.29, 1.82) is 0 Å². The van der Waals surface area contributed by atoms with Gasteiger partial charge in [-0.1, -0.05) is 13.3 Å². The highest BCUT2D eigenvalue weighted by Gasteiger charge is 2.48. The average molecular weight is 254 g/mol. The van der Waals surface area contributed by atoms with Gasteiger partial charge in [-0.05, 0) is 52.5 Å². The van der Waals surface area contributed by atoms with E-state index in [-0.39, 0.29) is 11.1 Å². The van der Waals surface area contributed by atoms with Crippen LogP contribution < -0.4 is 5.73 Å². The molecule has 106 valence electrons. The molecule has 1 heterocycles. The minimum atomic E-state index is -0.0169. The molecule has 1 aliphatic carbocycles. The smallest absolute Gasteiger partial charge is 0.0644 e. The fourth-order valence-corrected chi connectivity index (χ4v) is 3.51. The molecule has 0 aromatic carbocycles. The van der Waals surface area contributed by atoms with Crippen LogP contribution in [0.3, 0.4) is 0 Å². The molecule has 1 atom stereocenters. The molecule has 2 aliphatic rings. The Hall–Kier alpha value is -0.120. The number of nitrogens with two attached hydrogens (primary N) is 1. The summed E-state index contributed by atoms with van der Waals surface area (Å²) >= 11 is 0. The molecule has 1 unspecified atom stereocenters. The molecule has 0 bridgehead atoms. The number of nitrogens with zero attached hydrogens (tertiary/aromatic N) is 1. The molecule has 18 heavy (non-hydrogen) atoms. The molecule has 0 aromatic rings. The third kappa shape index (κ3) is 3.06. The predicted molar refractivity (Wildman–Crippen MR) is 75.7 cm³/mol. The van der Waals surface area contributed by atoms with Crippen LogP contribution in [0, 0.1) is 0 Å². The van der Waals surface area contributed by atoms with Crippen molar-refractivity contribution in [2.24, 2.45) is 5.73 Å². The predicted octanol–water partition coefficient (Wildman–Crippen LogP) is 2.54. The highest BCUT2D eigenvalue weighted by molar-refractivity contribution is 5.04. The Morgan fingerprint density at radius 2 is 2.06 bits per heavy atom. The van der Waals surface area contributed by atoms with E-state index in [1.165, 1.54) is 32.2 Å². The number of unbranched alkanes of at least 4 members (excludes halogenated alkanes) is 1. The molecule has 2 N–H and O–H groups in total. The Morgan fingerprint density at radius 3 is 2.56 bits per heavy atom. The summed E-state index contributed by atoms with van der Waals surface area (Å²) in [4.78, 5) is 2.74. The molecule has 2 rings (SSSR count). The summed E-state index contributed by atoms with van der Waals surface area (Å²) in [6, 6.07) is 0.800. The minimum Gasteiger partial charge on any atom is -0.375 e. The molecule has 2 fully saturated rings. The Morgan fingerprint density at radius 1 is 1.33 bits per heavy atom. The molecule has 1 saturated heterocycles. The lowest BCUT2D eigenvalue weighted by Crippen LogP contribution is -2.61. The first kappa shape index (κ1) is 14.3. The van der Waals surface area contributed by atoms with E-state index in [2.05, 4.69) is 25.7 Å². The highest BCUT2D eigenvalue weighted by Crippen LogP contribution is 2.41. The van der Waals surface area contributed by atoms with Gasteiger partial charge < -0.3 is 10.5 Å². The molecular weight excluding hydrogens is 224 g/mol. The molecule has 0 radical (unpaired) electrons. The summed E-state index contributed by atoms with van der Waals surface area (Å²) in [5.74, 6) is 0. The molecule has 3 heteroatoms. The zero-order valence-corrected chi connectivity index (χ0v) is 12.4. The maximum absolute atomic E-state index is 6.20. The molecule has 3 nitrogen and oxygen atoms in total. The van der Waals surface area contributed by atoms with Crippen molar-refractivity contribution in [2.45, 2.75) is 76.5 Å². The fourth-order valence-electron chi connectivity index (χ4n) is 3.51. The number of hydrogen-bond donors (Lipinski definition) is 1. The monoisotopic (exact) mass is 254 g/mol. The largest absolute Gasteiger partial charge is 0.375 e. The van der Waals surface area contributed by atoms with E-state index in [9.17, 15) is 0 Å². The topological polar surface area (TPSA) is 38.5 Å². The van der Waals surface area contributed by atoms with Crippen LogP contribution in [0.5, 0.6) is 0 Å². The van der Waals surface area contributed by atoms with Gasteiger partial charge >= 0.3 is 0 Å². The van der Waals surface area contributed by atoms with Gasteiger partial charge in [-0.2, -0.15) is 0 Å². The van der Waals surface area contributed by atoms with Crippen molar-refractivity contribution in [3.05, 3.63) is 0 Å². The van der Waals surface area contributed by atoms with Gasteiger partial charge in [-0.3, -0.25) is 4.90 Å². The molecule has 1 saturated carbocycles. The summed E-state index contributed by atoms with van der Waals surface area (Å²) < 4.78 is 5.89. The lowest BCUT2D eigenvalue weighted by Gasteiger charge is -2.51. The van der Waals surface area contributed by atoms with Crippen molar-refractivity contribution in [3.63, 3.8) is 0 Å². The summed E-state index contributed by atoms with van der Waals surface area (Å²) in [6.45, 7) is 9.55. The van der Waals surface area contributed by atoms with E-state index in [4.69, 9.17) is 10.5 Å². The Balaban J connectivity index is 2.12. The first-order valence-electron chi connectivity index (χ1n) is 7.64. The van der Waals surface area contributed by atoms with Crippen LogP contribution in [0.2, 0.25) is 0 Å². The summed E-state index contributed by atoms with van der Waals surface area (Å²) in [6.07, 6.45) is 7.48. The zero-order chi connectivity index (χ0) is 13.2. The number of rotatable bonds is 6. The van der Waals surface area contributed by atoms with E-state index in [0.717, 1.165) is 32.0 Å². The van der Waals surface area contributed by atoms with Crippen molar-refractivity contribution >= 4 is 0 Å². The zero-order valence-electron chi connectivity index (χ0n) is 12.4. The van der Waals surface area contributed by atoms with Crippen molar-refractivity contribution in [3.8, 4) is 0 Å². The van der Waals surface area contributed by atoms with Crippen molar-refractivity contribution in [1.82, 2.24) is 4.90 Å². The Labute approximate surface area is 112 Å². The maximum atomic E-state index is 6.20. The molecule has 0 spiro atoms. The number of ether oxygens (including phenoxy) is 1. The van der Waals surface area contributed by atoms with Crippen LogP contribution in [0.25, 0.3) is 0 Å². The second kappa shape index (κ2) is 5.48. The second-order valence-corrected chi connectivity index (χ2v) is 6.74. The molecule has 0 aromatic heterocycles. The lowest BCUT2D eigenvalue weighted by molar-refractivity contribution is -0.120. The highest BCUT2D eigenvalue weighted by atomic mass is 16.5. The van der Waals surface area contributed by atoms with Crippen LogP contribution in [0.15, 0.2) is 0 Å². The van der Waals surface area contributed by atoms with Crippen molar-refractivity contribution < 1.29 is 4.74 Å². The quantitative estimate of drug-likeness (QED) is 0.791. The van der Waals surface area contributed by atoms with Gasteiger partial charge in [0.05, 0.1) is 5.60 Å². The molecule has 1 aliphatic heterocycles.